The van der Waals surface area contributed by atoms with Gasteiger partial charge in [-0.15, -0.1) is 0 Å². The Labute approximate surface area is 96.1 Å². The van der Waals surface area contributed by atoms with Crippen LogP contribution in [0.2, 0.25) is 0 Å². The Morgan fingerprint density at radius 1 is 1.31 bits per heavy atom. The molecule has 0 bridgehead atoms. The zero-order valence-corrected chi connectivity index (χ0v) is 9.84. The highest BCUT2D eigenvalue weighted by Gasteiger charge is 2.49. The second-order valence-corrected chi connectivity index (χ2v) is 5.38. The Hall–Kier alpha value is -1.31. The van der Waals surface area contributed by atoms with Crippen molar-refractivity contribution < 1.29 is 4.79 Å². The van der Waals surface area contributed by atoms with Crippen molar-refractivity contribution in [1.82, 2.24) is 5.32 Å². The fraction of sp³-hybridized carbons (Fsp3) is 0.500. The lowest BCUT2D eigenvalue weighted by molar-refractivity contribution is -0.122. The zero-order chi connectivity index (χ0) is 11.3. The van der Waals surface area contributed by atoms with Crippen molar-refractivity contribution in [3.63, 3.8) is 0 Å². The first-order valence-corrected chi connectivity index (χ1v) is 6.05. The number of amides is 1. The summed E-state index contributed by atoms with van der Waals surface area (Å²) < 4.78 is 0. The third kappa shape index (κ3) is 1.36. The first-order valence-electron chi connectivity index (χ1n) is 6.05. The van der Waals surface area contributed by atoms with Gasteiger partial charge in [-0.3, -0.25) is 4.79 Å². The van der Waals surface area contributed by atoms with Crippen LogP contribution >= 0.6 is 0 Å². The third-order valence-corrected chi connectivity index (χ3v) is 3.79. The van der Waals surface area contributed by atoms with Gasteiger partial charge in [-0.2, -0.15) is 0 Å². The second-order valence-electron chi connectivity index (χ2n) is 5.38. The maximum absolute atomic E-state index is 11.7. The molecule has 0 aromatic heterocycles. The molecule has 0 unspecified atom stereocenters. The Kier molecular flexibility index (Phi) is 1.91. The maximum Gasteiger partial charge on any atom is 0.225 e. The maximum atomic E-state index is 11.7. The van der Waals surface area contributed by atoms with Crippen molar-refractivity contribution in [2.45, 2.75) is 44.6 Å². The molecule has 1 amide bonds. The summed E-state index contributed by atoms with van der Waals surface area (Å²) in [5, 5.41) is 3.13. The minimum atomic E-state index is 0.0141. The minimum absolute atomic E-state index is 0.0141. The fourth-order valence-corrected chi connectivity index (χ4v) is 2.66. The van der Waals surface area contributed by atoms with E-state index < -0.39 is 0 Å². The molecular weight excluding hydrogens is 198 g/mol. The molecule has 84 valence electrons. The molecule has 1 heterocycles. The summed E-state index contributed by atoms with van der Waals surface area (Å²) in [6.45, 7) is 4.38. The van der Waals surface area contributed by atoms with Crippen molar-refractivity contribution in [3.05, 3.63) is 34.9 Å². The third-order valence-electron chi connectivity index (χ3n) is 3.79. The number of benzene rings is 1. The molecule has 1 saturated carbocycles. The molecule has 2 nitrogen and oxygen atoms in total. The van der Waals surface area contributed by atoms with Crippen molar-refractivity contribution in [1.29, 1.82) is 0 Å². The Morgan fingerprint density at radius 3 is 2.69 bits per heavy atom. The molecule has 3 rings (SSSR count). The van der Waals surface area contributed by atoms with Gasteiger partial charge in [-0.05, 0) is 35.4 Å². The van der Waals surface area contributed by atoms with Gasteiger partial charge in [0.2, 0.25) is 5.91 Å². The highest BCUT2D eigenvalue weighted by Crippen LogP contribution is 2.49. The number of fused-ring (bicyclic) bond motifs is 2. The largest absolute Gasteiger partial charge is 0.346 e. The van der Waals surface area contributed by atoms with Crippen LogP contribution in [0, 0.1) is 0 Å². The number of nitrogens with one attached hydrogen (secondary N) is 1. The summed E-state index contributed by atoms with van der Waals surface area (Å²) >= 11 is 0. The van der Waals surface area contributed by atoms with Gasteiger partial charge in [-0.1, -0.05) is 32.0 Å². The quantitative estimate of drug-likeness (QED) is 0.766. The molecule has 1 aromatic rings. The first kappa shape index (κ1) is 9.88. The normalized spacial score (nSPS) is 20.8. The summed E-state index contributed by atoms with van der Waals surface area (Å²) in [6.07, 6.45) is 2.76. The van der Waals surface area contributed by atoms with Crippen LogP contribution in [0.5, 0.6) is 0 Å². The van der Waals surface area contributed by atoms with E-state index in [9.17, 15) is 4.79 Å². The molecule has 1 aliphatic heterocycles. The van der Waals surface area contributed by atoms with Crippen LogP contribution < -0.4 is 5.32 Å². The van der Waals surface area contributed by atoms with E-state index in [4.69, 9.17) is 0 Å². The molecule has 16 heavy (non-hydrogen) atoms. The molecule has 0 radical (unpaired) electrons. The van der Waals surface area contributed by atoms with E-state index in [1.807, 2.05) is 0 Å². The van der Waals surface area contributed by atoms with Crippen molar-refractivity contribution in [2.24, 2.45) is 0 Å². The number of carbonyl (C=O) groups is 1. The van der Waals surface area contributed by atoms with Crippen LogP contribution in [0.1, 0.15) is 49.3 Å². The van der Waals surface area contributed by atoms with E-state index in [0.29, 0.717) is 12.3 Å². The van der Waals surface area contributed by atoms with Gasteiger partial charge in [0.1, 0.15) is 0 Å². The molecular formula is C14H17NO. The topological polar surface area (TPSA) is 29.1 Å². The number of carbonyl (C=O) groups excluding carboxylic acids is 1. The Morgan fingerprint density at radius 2 is 2.06 bits per heavy atom. The van der Waals surface area contributed by atoms with Gasteiger partial charge in [0.05, 0.1) is 12.0 Å². The Balaban J connectivity index is 2.08. The van der Waals surface area contributed by atoms with E-state index >= 15 is 0 Å². The van der Waals surface area contributed by atoms with Crippen molar-refractivity contribution in [3.8, 4) is 0 Å². The van der Waals surface area contributed by atoms with Crippen LogP contribution in [0.3, 0.4) is 0 Å². The lowest BCUT2D eigenvalue weighted by Crippen LogP contribution is -2.41. The number of rotatable bonds is 1. The zero-order valence-electron chi connectivity index (χ0n) is 9.84. The summed E-state index contributed by atoms with van der Waals surface area (Å²) in [7, 11) is 0. The highest BCUT2D eigenvalue weighted by atomic mass is 16.1. The average Bonchev–Trinajstić information content (AvgIpc) is 2.97. The van der Waals surface area contributed by atoms with Gasteiger partial charge >= 0.3 is 0 Å². The average molecular weight is 215 g/mol. The van der Waals surface area contributed by atoms with E-state index in [1.165, 1.54) is 16.7 Å². The van der Waals surface area contributed by atoms with Gasteiger partial charge in [-0.25, -0.2) is 0 Å². The molecule has 0 saturated heterocycles. The van der Waals surface area contributed by atoms with Crippen LogP contribution in [-0.2, 0) is 16.8 Å². The molecule has 1 aromatic carbocycles. The predicted octanol–water partition coefficient (Wildman–Crippen LogP) is 2.47. The monoisotopic (exact) mass is 215 g/mol. The van der Waals surface area contributed by atoms with Gasteiger partial charge < -0.3 is 5.32 Å². The van der Waals surface area contributed by atoms with Crippen LogP contribution in [0.15, 0.2) is 18.2 Å². The van der Waals surface area contributed by atoms with Gasteiger partial charge in [0, 0.05) is 0 Å². The SMILES string of the molecule is CC(C)c1ccc2c(c1)CC(=O)NC21CC1. The van der Waals surface area contributed by atoms with E-state index in [-0.39, 0.29) is 11.4 Å². The Bertz CT molecular complexity index is 458. The lowest BCUT2D eigenvalue weighted by Gasteiger charge is -2.27. The lowest BCUT2D eigenvalue weighted by atomic mass is 9.88. The minimum Gasteiger partial charge on any atom is -0.346 e. The standard InChI is InChI=1S/C14H17NO/c1-9(2)10-3-4-12-11(7-10)8-13(16)15-14(12)5-6-14/h3-4,7,9H,5-6,8H2,1-2H3,(H,15,16). The van der Waals surface area contributed by atoms with Crippen LogP contribution in [-0.4, -0.2) is 5.91 Å². The summed E-state index contributed by atoms with van der Waals surface area (Å²) in [5.41, 5.74) is 3.95. The van der Waals surface area contributed by atoms with Crippen LogP contribution in [0.25, 0.3) is 0 Å². The molecule has 0 atom stereocenters. The van der Waals surface area contributed by atoms with E-state index in [0.717, 1.165) is 12.8 Å². The molecule has 1 aliphatic carbocycles. The summed E-state index contributed by atoms with van der Waals surface area (Å²) in [6, 6.07) is 6.65. The number of hydrogen-bond donors (Lipinski definition) is 1. The van der Waals surface area contributed by atoms with E-state index in [1.54, 1.807) is 0 Å². The second kappa shape index (κ2) is 3.09. The molecule has 1 spiro atoms. The van der Waals surface area contributed by atoms with E-state index in [2.05, 4.69) is 37.4 Å². The van der Waals surface area contributed by atoms with Gasteiger partial charge in [0.25, 0.3) is 0 Å². The van der Waals surface area contributed by atoms with Crippen molar-refractivity contribution in [2.75, 3.05) is 0 Å². The van der Waals surface area contributed by atoms with Crippen LogP contribution in [0.4, 0.5) is 0 Å². The number of hydrogen-bond acceptors (Lipinski definition) is 1. The van der Waals surface area contributed by atoms with Crippen molar-refractivity contribution >= 4 is 5.91 Å². The summed E-state index contributed by atoms with van der Waals surface area (Å²) in [5.74, 6) is 0.719. The molecule has 1 N–H and O–H groups in total. The van der Waals surface area contributed by atoms with Gasteiger partial charge in [0.15, 0.2) is 0 Å². The fourth-order valence-electron chi connectivity index (χ4n) is 2.66. The molecule has 1 fully saturated rings. The molecule has 2 heteroatoms. The highest BCUT2D eigenvalue weighted by molar-refractivity contribution is 5.83. The smallest absolute Gasteiger partial charge is 0.225 e. The predicted molar refractivity (Wildman–Crippen MR) is 63.3 cm³/mol. The summed E-state index contributed by atoms with van der Waals surface area (Å²) in [4.78, 5) is 11.7. The first-order chi connectivity index (χ1) is 7.61. The molecule has 2 aliphatic rings.